The lowest BCUT2D eigenvalue weighted by Gasteiger charge is -2.18. The molecule has 3 rings (SSSR count). The van der Waals surface area contributed by atoms with E-state index in [1.54, 1.807) is 31.2 Å². The first kappa shape index (κ1) is 22.1. The Balaban J connectivity index is 1.50. The van der Waals surface area contributed by atoms with Crippen molar-refractivity contribution < 1.29 is 19.1 Å². The van der Waals surface area contributed by atoms with Crippen LogP contribution in [0.4, 0.5) is 0 Å². The van der Waals surface area contributed by atoms with Crippen molar-refractivity contribution in [2.75, 3.05) is 0 Å². The molecule has 0 aromatic heterocycles. The van der Waals surface area contributed by atoms with E-state index in [0.717, 1.165) is 12.8 Å². The molecular weight excluding hydrogens is 390 g/mol. The van der Waals surface area contributed by atoms with Crippen molar-refractivity contribution in [2.45, 2.75) is 38.8 Å². The Bertz CT molecular complexity index is 989. The zero-order valence-corrected chi connectivity index (χ0v) is 17.8. The molecular formula is C26H27NO4. The fraction of sp³-hybridized carbons (Fsp3) is 0.231. The molecule has 0 spiro atoms. The van der Waals surface area contributed by atoms with Gasteiger partial charge in [0.25, 0.3) is 5.91 Å². The molecule has 0 unspecified atom stereocenters. The van der Waals surface area contributed by atoms with Crippen LogP contribution in [-0.4, -0.2) is 24.0 Å². The summed E-state index contributed by atoms with van der Waals surface area (Å²) in [7, 11) is 0. The van der Waals surface area contributed by atoms with Gasteiger partial charge in [0.1, 0.15) is 11.5 Å². The summed E-state index contributed by atoms with van der Waals surface area (Å²) in [6.45, 7) is 3.52. The number of aryl methyl sites for hydroxylation is 1. The summed E-state index contributed by atoms with van der Waals surface area (Å²) in [5.74, 6) is 0.307. The Morgan fingerprint density at radius 3 is 2.19 bits per heavy atom. The first-order chi connectivity index (χ1) is 15.0. The fourth-order valence-electron chi connectivity index (χ4n) is 3.05. The lowest BCUT2D eigenvalue weighted by atomic mass is 10.1. The summed E-state index contributed by atoms with van der Waals surface area (Å²) in [6.07, 6.45) is 0.769. The summed E-state index contributed by atoms with van der Waals surface area (Å²) < 4.78 is 11.1. The maximum Gasteiger partial charge on any atom is 0.339 e. The lowest BCUT2D eigenvalue weighted by molar-refractivity contribution is -0.129. The van der Waals surface area contributed by atoms with Crippen LogP contribution in [0.25, 0.3) is 0 Å². The van der Waals surface area contributed by atoms with Gasteiger partial charge < -0.3 is 14.8 Å². The first-order valence-electron chi connectivity index (χ1n) is 10.4. The van der Waals surface area contributed by atoms with Crippen molar-refractivity contribution in [3.05, 3.63) is 96.1 Å². The zero-order chi connectivity index (χ0) is 22.1. The molecule has 0 saturated heterocycles. The second kappa shape index (κ2) is 11.0. The predicted molar refractivity (Wildman–Crippen MR) is 120 cm³/mol. The third-order valence-corrected chi connectivity index (χ3v) is 4.80. The molecule has 160 valence electrons. The largest absolute Gasteiger partial charge is 0.457 e. The molecule has 0 bridgehead atoms. The monoisotopic (exact) mass is 417 g/mol. The smallest absolute Gasteiger partial charge is 0.339 e. The number of amides is 1. The van der Waals surface area contributed by atoms with Crippen LogP contribution in [0.15, 0.2) is 84.9 Å². The normalized spacial score (nSPS) is 12.5. The van der Waals surface area contributed by atoms with E-state index in [0.29, 0.717) is 17.1 Å². The Labute approximate surface area is 183 Å². The van der Waals surface area contributed by atoms with Crippen molar-refractivity contribution in [3.8, 4) is 11.5 Å². The Morgan fingerprint density at radius 1 is 0.839 bits per heavy atom. The van der Waals surface area contributed by atoms with Crippen molar-refractivity contribution >= 4 is 11.9 Å². The summed E-state index contributed by atoms with van der Waals surface area (Å²) >= 11 is 0. The SMILES string of the molecule is C[C@H](CCc1ccccc1)NC(=O)[C@H](C)OC(=O)c1cccc(Oc2ccccc2)c1. The van der Waals surface area contributed by atoms with Gasteiger partial charge in [0.15, 0.2) is 6.10 Å². The van der Waals surface area contributed by atoms with Gasteiger partial charge in [-0.2, -0.15) is 0 Å². The van der Waals surface area contributed by atoms with Crippen molar-refractivity contribution in [1.29, 1.82) is 0 Å². The standard InChI is InChI=1S/C26H27NO4/c1-19(16-17-21-10-5-3-6-11-21)27-25(28)20(2)30-26(29)22-12-9-15-24(18-22)31-23-13-7-4-8-14-23/h3-15,18-20H,16-17H2,1-2H3,(H,27,28)/t19-,20+/m1/s1. The second-order valence-electron chi connectivity index (χ2n) is 7.42. The molecule has 0 heterocycles. The Hall–Kier alpha value is -3.60. The van der Waals surface area contributed by atoms with Gasteiger partial charge in [0.05, 0.1) is 5.56 Å². The Morgan fingerprint density at radius 2 is 1.48 bits per heavy atom. The molecule has 5 heteroatoms. The number of ether oxygens (including phenoxy) is 2. The van der Waals surface area contributed by atoms with Gasteiger partial charge in [-0.3, -0.25) is 4.79 Å². The molecule has 5 nitrogen and oxygen atoms in total. The lowest BCUT2D eigenvalue weighted by Crippen LogP contribution is -2.41. The predicted octanol–water partition coefficient (Wildman–Crippen LogP) is 5.16. The highest BCUT2D eigenvalue weighted by molar-refractivity contribution is 5.92. The first-order valence-corrected chi connectivity index (χ1v) is 10.4. The highest BCUT2D eigenvalue weighted by Crippen LogP contribution is 2.22. The van der Waals surface area contributed by atoms with Crippen LogP contribution >= 0.6 is 0 Å². The number of esters is 1. The summed E-state index contributed by atoms with van der Waals surface area (Å²) in [5.41, 5.74) is 1.55. The Kier molecular flexibility index (Phi) is 7.82. The van der Waals surface area contributed by atoms with Gasteiger partial charge in [-0.05, 0) is 62.6 Å². The summed E-state index contributed by atoms with van der Waals surface area (Å²) in [5, 5.41) is 2.91. The number of nitrogens with one attached hydrogen (secondary N) is 1. The minimum atomic E-state index is -0.898. The summed E-state index contributed by atoms with van der Waals surface area (Å²) in [4.78, 5) is 24.9. The van der Waals surface area contributed by atoms with E-state index in [1.165, 1.54) is 5.56 Å². The van der Waals surface area contributed by atoms with Crippen molar-refractivity contribution in [2.24, 2.45) is 0 Å². The highest BCUT2D eigenvalue weighted by atomic mass is 16.5. The molecule has 0 aliphatic heterocycles. The van der Waals surface area contributed by atoms with Crippen LogP contribution in [0.5, 0.6) is 11.5 Å². The topological polar surface area (TPSA) is 64.6 Å². The van der Waals surface area contributed by atoms with Gasteiger partial charge >= 0.3 is 5.97 Å². The van der Waals surface area contributed by atoms with Crippen LogP contribution in [0.3, 0.4) is 0 Å². The molecule has 0 radical (unpaired) electrons. The summed E-state index contributed by atoms with van der Waals surface area (Å²) in [6, 6.07) is 26.1. The molecule has 31 heavy (non-hydrogen) atoms. The zero-order valence-electron chi connectivity index (χ0n) is 17.8. The van der Waals surface area contributed by atoms with E-state index >= 15 is 0 Å². The van der Waals surface area contributed by atoms with E-state index in [2.05, 4.69) is 17.4 Å². The molecule has 0 fully saturated rings. The minimum absolute atomic E-state index is 0.0311. The van der Waals surface area contributed by atoms with Gasteiger partial charge in [0, 0.05) is 6.04 Å². The molecule has 3 aromatic carbocycles. The third-order valence-electron chi connectivity index (χ3n) is 4.80. The number of hydrogen-bond donors (Lipinski definition) is 1. The van der Waals surface area contributed by atoms with Crippen LogP contribution in [0.1, 0.15) is 36.2 Å². The van der Waals surface area contributed by atoms with Crippen molar-refractivity contribution in [3.63, 3.8) is 0 Å². The average molecular weight is 418 g/mol. The molecule has 0 saturated carbocycles. The number of carbonyl (C=O) groups is 2. The van der Waals surface area contributed by atoms with Gasteiger partial charge in [0.2, 0.25) is 0 Å². The van der Waals surface area contributed by atoms with E-state index < -0.39 is 12.1 Å². The minimum Gasteiger partial charge on any atom is -0.457 e. The number of hydrogen-bond acceptors (Lipinski definition) is 4. The van der Waals surface area contributed by atoms with Crippen LogP contribution < -0.4 is 10.1 Å². The van der Waals surface area contributed by atoms with Gasteiger partial charge in [-0.15, -0.1) is 0 Å². The van der Waals surface area contributed by atoms with Crippen LogP contribution in [0.2, 0.25) is 0 Å². The van der Waals surface area contributed by atoms with Gasteiger partial charge in [-0.1, -0.05) is 54.6 Å². The van der Waals surface area contributed by atoms with Crippen LogP contribution in [-0.2, 0) is 16.0 Å². The molecule has 2 atom stereocenters. The quantitative estimate of drug-likeness (QED) is 0.488. The third kappa shape index (κ3) is 7.00. The molecule has 1 amide bonds. The number of carbonyl (C=O) groups excluding carboxylic acids is 2. The van der Waals surface area contributed by atoms with Crippen LogP contribution in [0, 0.1) is 0 Å². The maximum absolute atomic E-state index is 12.5. The van der Waals surface area contributed by atoms with E-state index in [4.69, 9.17) is 9.47 Å². The number of rotatable bonds is 9. The molecule has 0 aliphatic rings. The number of benzene rings is 3. The van der Waals surface area contributed by atoms with E-state index in [1.807, 2.05) is 55.5 Å². The fourth-order valence-corrected chi connectivity index (χ4v) is 3.05. The maximum atomic E-state index is 12.5. The molecule has 0 aliphatic carbocycles. The number of para-hydroxylation sites is 1. The van der Waals surface area contributed by atoms with Crippen molar-refractivity contribution in [1.82, 2.24) is 5.32 Å². The highest BCUT2D eigenvalue weighted by Gasteiger charge is 2.20. The molecule has 3 aromatic rings. The molecule has 1 N–H and O–H groups in total. The second-order valence-corrected chi connectivity index (χ2v) is 7.42. The van der Waals surface area contributed by atoms with E-state index in [9.17, 15) is 9.59 Å². The van der Waals surface area contributed by atoms with Gasteiger partial charge in [-0.25, -0.2) is 4.79 Å². The van der Waals surface area contributed by atoms with E-state index in [-0.39, 0.29) is 11.9 Å². The average Bonchev–Trinajstić information content (AvgIpc) is 2.79.